The van der Waals surface area contributed by atoms with E-state index >= 15 is 0 Å². The molecule has 3 aromatic rings. The van der Waals surface area contributed by atoms with Crippen LogP contribution in [0, 0.1) is 13.8 Å². The molecule has 9 heteroatoms. The molecule has 0 radical (unpaired) electrons. The van der Waals surface area contributed by atoms with Crippen LogP contribution in [-0.2, 0) is 27.2 Å². The first-order valence-corrected chi connectivity index (χ1v) is 14.5. The van der Waals surface area contributed by atoms with Crippen molar-refractivity contribution in [3.8, 4) is 5.75 Å². The van der Waals surface area contributed by atoms with Gasteiger partial charge in [0.1, 0.15) is 23.4 Å². The Bertz CT molecular complexity index is 1380. The Labute approximate surface area is 253 Å². The van der Waals surface area contributed by atoms with Crippen molar-refractivity contribution in [3.63, 3.8) is 0 Å². The van der Waals surface area contributed by atoms with Crippen LogP contribution in [0.1, 0.15) is 61.6 Å². The third kappa shape index (κ3) is 9.31. The lowest BCUT2D eigenvalue weighted by Gasteiger charge is -2.34. The van der Waals surface area contributed by atoms with Gasteiger partial charge in [0.05, 0.1) is 6.61 Å². The average Bonchev–Trinajstić information content (AvgIpc) is 2.94. The predicted octanol–water partition coefficient (Wildman–Crippen LogP) is 5.21. The molecule has 0 spiro atoms. The first-order chi connectivity index (χ1) is 20.3. The number of rotatable bonds is 11. The molecule has 3 aromatic carbocycles. The maximum absolute atomic E-state index is 14.3. The van der Waals surface area contributed by atoms with Gasteiger partial charge in [0.2, 0.25) is 5.91 Å². The van der Waals surface area contributed by atoms with Crippen LogP contribution in [0.25, 0.3) is 0 Å². The van der Waals surface area contributed by atoms with Crippen molar-refractivity contribution < 1.29 is 29.3 Å². The topological polar surface area (TPSA) is 128 Å². The zero-order valence-electron chi connectivity index (χ0n) is 25.8. The zero-order valence-corrected chi connectivity index (χ0v) is 25.8. The van der Waals surface area contributed by atoms with Gasteiger partial charge < -0.3 is 30.5 Å². The number of carbonyl (C=O) groups is 3. The fraction of sp³-hybridized carbons (Fsp3) is 0.382. The van der Waals surface area contributed by atoms with Crippen molar-refractivity contribution in [2.75, 3.05) is 18.5 Å². The quantitative estimate of drug-likeness (QED) is 0.243. The minimum absolute atomic E-state index is 0.0559. The highest BCUT2D eigenvalue weighted by atomic mass is 16.6. The van der Waals surface area contributed by atoms with Gasteiger partial charge >= 0.3 is 6.09 Å². The molecule has 43 heavy (non-hydrogen) atoms. The van der Waals surface area contributed by atoms with Crippen LogP contribution in [0.15, 0.2) is 66.7 Å². The molecule has 0 saturated heterocycles. The molecule has 3 rings (SSSR count). The van der Waals surface area contributed by atoms with Gasteiger partial charge in [-0.15, -0.1) is 0 Å². The molecular formula is C34H43N3O6. The largest absolute Gasteiger partial charge is 0.508 e. The number of benzene rings is 3. The SMILES string of the molecule is CCc1ccc(C(C(=O)Nc2c(C)cccc2C)N(CCO)C(=O)C(Cc2ccc(O)cc2)NC(=O)OC(C)(C)C)cc1. The number of nitrogens with zero attached hydrogens (tertiary/aromatic N) is 1. The molecule has 0 aliphatic carbocycles. The van der Waals surface area contributed by atoms with E-state index in [2.05, 4.69) is 10.6 Å². The maximum Gasteiger partial charge on any atom is 0.408 e. The molecular weight excluding hydrogens is 546 g/mol. The molecule has 9 nitrogen and oxygen atoms in total. The first kappa shape index (κ1) is 33.1. The average molecular weight is 590 g/mol. The van der Waals surface area contributed by atoms with Gasteiger partial charge in [0.25, 0.3) is 5.91 Å². The number of phenols is 1. The molecule has 0 saturated carbocycles. The number of para-hydroxylation sites is 1. The van der Waals surface area contributed by atoms with Crippen LogP contribution >= 0.6 is 0 Å². The molecule has 0 bridgehead atoms. The van der Waals surface area contributed by atoms with Gasteiger partial charge in [-0.05, 0) is 81.0 Å². The van der Waals surface area contributed by atoms with Gasteiger partial charge in [-0.25, -0.2) is 4.79 Å². The van der Waals surface area contributed by atoms with Crippen molar-refractivity contribution in [2.45, 2.75) is 72.1 Å². The highest BCUT2D eigenvalue weighted by Gasteiger charge is 2.36. The lowest BCUT2D eigenvalue weighted by molar-refractivity contribution is -0.141. The van der Waals surface area contributed by atoms with Gasteiger partial charge in [-0.1, -0.05) is 61.5 Å². The fourth-order valence-electron chi connectivity index (χ4n) is 4.80. The molecule has 3 amide bonds. The summed E-state index contributed by atoms with van der Waals surface area (Å²) in [7, 11) is 0. The summed E-state index contributed by atoms with van der Waals surface area (Å²) in [6.45, 7) is 10.4. The lowest BCUT2D eigenvalue weighted by atomic mass is 9.98. The predicted molar refractivity (Wildman–Crippen MR) is 167 cm³/mol. The van der Waals surface area contributed by atoms with Gasteiger partial charge in [0.15, 0.2) is 0 Å². The number of hydrogen-bond donors (Lipinski definition) is 4. The summed E-state index contributed by atoms with van der Waals surface area (Å²) >= 11 is 0. The van der Waals surface area contributed by atoms with E-state index in [4.69, 9.17) is 4.74 Å². The number of aliphatic hydroxyl groups is 1. The Morgan fingerprint density at radius 2 is 1.49 bits per heavy atom. The van der Waals surface area contributed by atoms with Crippen LogP contribution < -0.4 is 10.6 Å². The number of alkyl carbamates (subject to hydrolysis) is 1. The Morgan fingerprint density at radius 1 is 0.907 bits per heavy atom. The number of nitrogens with one attached hydrogen (secondary N) is 2. The summed E-state index contributed by atoms with van der Waals surface area (Å²) in [6, 6.07) is 17.1. The lowest BCUT2D eigenvalue weighted by Crippen LogP contribution is -2.54. The van der Waals surface area contributed by atoms with E-state index < -0.39 is 42.2 Å². The van der Waals surface area contributed by atoms with Crippen LogP contribution in [0.2, 0.25) is 0 Å². The smallest absolute Gasteiger partial charge is 0.408 e. The summed E-state index contributed by atoms with van der Waals surface area (Å²) in [5.74, 6) is -0.967. The van der Waals surface area contributed by atoms with Crippen molar-refractivity contribution >= 4 is 23.6 Å². The molecule has 0 aliphatic heterocycles. The summed E-state index contributed by atoms with van der Waals surface area (Å²) in [4.78, 5) is 42.6. The zero-order chi connectivity index (χ0) is 31.7. The van der Waals surface area contributed by atoms with Gasteiger partial charge in [-0.2, -0.15) is 0 Å². The van der Waals surface area contributed by atoms with E-state index in [1.807, 2.05) is 63.2 Å². The van der Waals surface area contributed by atoms with Crippen LogP contribution in [0.3, 0.4) is 0 Å². The number of aliphatic hydroxyl groups excluding tert-OH is 1. The van der Waals surface area contributed by atoms with E-state index in [1.54, 1.807) is 32.9 Å². The third-order valence-corrected chi connectivity index (χ3v) is 6.98. The van der Waals surface area contributed by atoms with E-state index in [0.29, 0.717) is 16.8 Å². The molecule has 4 N–H and O–H groups in total. The number of amides is 3. The third-order valence-electron chi connectivity index (χ3n) is 6.98. The number of aryl methyl sites for hydroxylation is 3. The molecule has 2 atom stereocenters. The number of carbonyl (C=O) groups excluding carboxylic acids is 3. The monoisotopic (exact) mass is 589 g/mol. The second-order valence-corrected chi connectivity index (χ2v) is 11.6. The van der Waals surface area contributed by atoms with E-state index in [-0.39, 0.29) is 18.7 Å². The minimum Gasteiger partial charge on any atom is -0.508 e. The Balaban J connectivity index is 2.07. The second kappa shape index (κ2) is 14.7. The van der Waals surface area contributed by atoms with Crippen molar-refractivity contribution in [3.05, 3.63) is 94.5 Å². The van der Waals surface area contributed by atoms with Crippen LogP contribution in [0.4, 0.5) is 10.5 Å². The summed E-state index contributed by atoms with van der Waals surface area (Å²) < 4.78 is 5.45. The molecule has 2 unspecified atom stereocenters. The fourth-order valence-corrected chi connectivity index (χ4v) is 4.80. The van der Waals surface area contributed by atoms with Gasteiger partial charge in [-0.3, -0.25) is 9.59 Å². The normalized spacial score (nSPS) is 12.6. The van der Waals surface area contributed by atoms with Crippen molar-refractivity contribution in [1.29, 1.82) is 0 Å². The number of phenolic OH excluding ortho intramolecular Hbond substituents is 1. The highest BCUT2D eigenvalue weighted by Crippen LogP contribution is 2.28. The number of aromatic hydroxyl groups is 1. The van der Waals surface area contributed by atoms with Crippen LogP contribution in [-0.4, -0.2) is 57.8 Å². The standard InChI is InChI=1S/C34H43N3O6/c1-7-24-11-15-26(16-12-24)30(31(40)36-29-22(2)9-8-10-23(29)3)37(19-20-38)32(41)28(35-33(42)43-34(4,5)6)21-25-13-17-27(39)18-14-25/h8-18,28,30,38-39H,7,19-21H2,1-6H3,(H,35,42)(H,36,40). The molecule has 0 aliphatic rings. The maximum atomic E-state index is 14.3. The Morgan fingerprint density at radius 3 is 2.02 bits per heavy atom. The first-order valence-electron chi connectivity index (χ1n) is 14.5. The van der Waals surface area contributed by atoms with Crippen molar-refractivity contribution in [1.82, 2.24) is 10.2 Å². The Kier molecular flexibility index (Phi) is 11.3. The Hall–Kier alpha value is -4.37. The number of ether oxygens (including phenoxy) is 1. The van der Waals surface area contributed by atoms with Gasteiger partial charge in [0, 0.05) is 18.7 Å². The van der Waals surface area contributed by atoms with E-state index in [0.717, 1.165) is 23.1 Å². The molecule has 0 aromatic heterocycles. The number of anilines is 1. The van der Waals surface area contributed by atoms with Crippen molar-refractivity contribution in [2.24, 2.45) is 0 Å². The van der Waals surface area contributed by atoms with E-state index in [9.17, 15) is 24.6 Å². The summed E-state index contributed by atoms with van der Waals surface area (Å²) in [5, 5.41) is 25.5. The van der Waals surface area contributed by atoms with Crippen LogP contribution in [0.5, 0.6) is 5.75 Å². The summed E-state index contributed by atoms with van der Waals surface area (Å²) in [6.07, 6.45) is 0.0607. The number of hydrogen-bond acceptors (Lipinski definition) is 6. The summed E-state index contributed by atoms with van der Waals surface area (Å²) in [5.41, 5.74) is 3.86. The molecule has 0 fully saturated rings. The highest BCUT2D eigenvalue weighted by molar-refractivity contribution is 6.00. The minimum atomic E-state index is -1.14. The second-order valence-electron chi connectivity index (χ2n) is 11.6. The molecule has 0 heterocycles. The van der Waals surface area contributed by atoms with E-state index in [1.165, 1.54) is 17.0 Å². The molecule has 230 valence electrons.